The lowest BCUT2D eigenvalue weighted by molar-refractivity contribution is -0.136. The summed E-state index contributed by atoms with van der Waals surface area (Å²) in [7, 11) is 1.94. The van der Waals surface area contributed by atoms with Crippen LogP contribution in [0.1, 0.15) is 54.9 Å². The molecule has 0 unspecified atom stereocenters. The average Bonchev–Trinajstić information content (AvgIpc) is 3.38. The third kappa shape index (κ3) is 4.66. The van der Waals surface area contributed by atoms with E-state index < -0.39 is 5.97 Å². The Balaban J connectivity index is 1.73. The van der Waals surface area contributed by atoms with Crippen molar-refractivity contribution in [3.8, 4) is 16.9 Å². The molecule has 5 nitrogen and oxygen atoms in total. The van der Waals surface area contributed by atoms with Gasteiger partial charge in [-0.25, -0.2) is 0 Å². The van der Waals surface area contributed by atoms with E-state index in [1.807, 2.05) is 54.2 Å². The smallest absolute Gasteiger partial charge is 0.303 e. The molecule has 4 rings (SSSR count). The molecule has 0 atom stereocenters. The largest absolute Gasteiger partial charge is 0.493 e. The number of hydrogen-bond acceptors (Lipinski definition) is 3. The maximum atomic E-state index is 12.1. The highest BCUT2D eigenvalue weighted by Gasteiger charge is 2.18. The Hall–Kier alpha value is -3.08. The molecule has 1 N–H and O–H groups in total. The second-order valence-electron chi connectivity index (χ2n) is 8.63. The Morgan fingerprint density at radius 3 is 2.61 bits per heavy atom. The second-order valence-corrected chi connectivity index (χ2v) is 8.63. The quantitative estimate of drug-likeness (QED) is 0.480. The fourth-order valence-electron chi connectivity index (χ4n) is 4.56. The van der Waals surface area contributed by atoms with Crippen molar-refractivity contribution in [2.75, 3.05) is 6.61 Å². The first-order chi connectivity index (χ1) is 14.9. The third-order valence-corrected chi connectivity index (χ3v) is 6.30. The van der Waals surface area contributed by atoms with Crippen LogP contribution in [-0.2, 0) is 18.3 Å². The predicted molar refractivity (Wildman–Crippen MR) is 122 cm³/mol. The number of aryl methyl sites for hydroxylation is 2. The van der Waals surface area contributed by atoms with Crippen molar-refractivity contribution in [3.05, 3.63) is 53.7 Å². The molecule has 162 valence electrons. The summed E-state index contributed by atoms with van der Waals surface area (Å²) >= 11 is 0. The Morgan fingerprint density at radius 1 is 1.13 bits per heavy atom. The van der Waals surface area contributed by atoms with Gasteiger partial charge in [-0.3, -0.25) is 9.59 Å². The van der Waals surface area contributed by atoms with Gasteiger partial charge in [-0.1, -0.05) is 25.0 Å². The highest BCUT2D eigenvalue weighted by molar-refractivity contribution is 6.08. The Morgan fingerprint density at radius 2 is 1.90 bits per heavy atom. The number of carbonyl (C=O) groups excluding carboxylic acids is 1. The lowest BCUT2D eigenvalue weighted by atomic mass is 9.97. The molecule has 0 amide bonds. The van der Waals surface area contributed by atoms with E-state index in [0.29, 0.717) is 24.5 Å². The molecule has 0 radical (unpaired) electrons. The van der Waals surface area contributed by atoms with Gasteiger partial charge in [-0.15, -0.1) is 0 Å². The lowest BCUT2D eigenvalue weighted by Crippen LogP contribution is -2.09. The summed E-state index contributed by atoms with van der Waals surface area (Å²) in [6, 6.07) is 12.1. The van der Waals surface area contributed by atoms with Crippen LogP contribution in [0, 0.1) is 5.92 Å². The molecule has 1 fully saturated rings. The van der Waals surface area contributed by atoms with Gasteiger partial charge in [0.1, 0.15) is 5.75 Å². The molecule has 1 saturated carbocycles. The van der Waals surface area contributed by atoms with Crippen LogP contribution in [0.2, 0.25) is 0 Å². The number of hydrogen-bond donors (Lipinski definition) is 1. The highest BCUT2D eigenvalue weighted by Crippen LogP contribution is 2.36. The predicted octanol–water partition coefficient (Wildman–Crippen LogP) is 5.63. The van der Waals surface area contributed by atoms with Crippen LogP contribution in [-0.4, -0.2) is 28.0 Å². The van der Waals surface area contributed by atoms with Crippen molar-refractivity contribution < 1.29 is 19.4 Å². The summed E-state index contributed by atoms with van der Waals surface area (Å²) in [5.74, 6) is 0.640. The minimum atomic E-state index is -0.806. The van der Waals surface area contributed by atoms with Crippen molar-refractivity contribution in [1.29, 1.82) is 0 Å². The van der Waals surface area contributed by atoms with Crippen LogP contribution in [0.5, 0.6) is 5.75 Å². The van der Waals surface area contributed by atoms with Crippen molar-refractivity contribution in [3.63, 3.8) is 0 Å². The number of aliphatic carboxylic acids is 1. The molecule has 0 spiro atoms. The number of aromatic nitrogens is 1. The first-order valence-electron chi connectivity index (χ1n) is 11.0. The maximum Gasteiger partial charge on any atom is 0.303 e. The number of carboxylic acids is 1. The van der Waals surface area contributed by atoms with Crippen molar-refractivity contribution >= 4 is 22.7 Å². The van der Waals surface area contributed by atoms with E-state index >= 15 is 0 Å². The molecule has 0 saturated heterocycles. The van der Waals surface area contributed by atoms with Crippen molar-refractivity contribution in [2.45, 2.75) is 45.4 Å². The van der Waals surface area contributed by atoms with Gasteiger partial charge in [-0.05, 0) is 67.5 Å². The second kappa shape index (κ2) is 8.96. The van der Waals surface area contributed by atoms with E-state index in [4.69, 9.17) is 9.84 Å². The van der Waals surface area contributed by atoms with Crippen LogP contribution in [0.15, 0.2) is 42.6 Å². The van der Waals surface area contributed by atoms with Gasteiger partial charge in [0.05, 0.1) is 6.61 Å². The molecule has 2 aromatic carbocycles. The van der Waals surface area contributed by atoms with Gasteiger partial charge in [0, 0.05) is 41.7 Å². The minimum absolute atomic E-state index is 0.0377. The number of ether oxygens (including phenoxy) is 1. The molecule has 1 aliphatic carbocycles. The number of rotatable bonds is 8. The molecule has 31 heavy (non-hydrogen) atoms. The van der Waals surface area contributed by atoms with E-state index in [2.05, 4.69) is 0 Å². The number of fused-ring (bicyclic) bond motifs is 1. The summed E-state index contributed by atoms with van der Waals surface area (Å²) in [4.78, 5) is 23.2. The number of carbonyl (C=O) groups is 2. The van der Waals surface area contributed by atoms with Crippen LogP contribution < -0.4 is 4.74 Å². The first-order valence-corrected chi connectivity index (χ1v) is 11.0. The standard InChI is InChI=1S/C26H29NO4/c1-17(28)23-15-27(2)24-10-9-20(14-22(23)24)21-13-18(8-12-26(29)30)7-11-25(21)31-16-19-5-3-4-6-19/h7,9-11,13-15,19H,3-6,8,12,16H2,1-2H3,(H,29,30). The molecule has 0 bridgehead atoms. The number of ketones is 1. The topological polar surface area (TPSA) is 68.5 Å². The van der Waals surface area contributed by atoms with Crippen LogP contribution >= 0.6 is 0 Å². The van der Waals surface area contributed by atoms with Crippen molar-refractivity contribution in [1.82, 2.24) is 4.57 Å². The fraction of sp³-hybridized carbons (Fsp3) is 0.385. The first kappa shape index (κ1) is 21.2. The normalized spacial score (nSPS) is 14.3. The van der Waals surface area contributed by atoms with Gasteiger partial charge in [-0.2, -0.15) is 0 Å². The molecule has 1 heterocycles. The summed E-state index contributed by atoms with van der Waals surface area (Å²) in [6.45, 7) is 2.29. The van der Waals surface area contributed by atoms with Gasteiger partial charge < -0.3 is 14.4 Å². The molecular weight excluding hydrogens is 390 g/mol. The number of nitrogens with zero attached hydrogens (tertiary/aromatic N) is 1. The van der Waals surface area contributed by atoms with Crippen LogP contribution in [0.3, 0.4) is 0 Å². The zero-order valence-corrected chi connectivity index (χ0v) is 18.2. The summed E-state index contributed by atoms with van der Waals surface area (Å²) in [6.07, 6.45) is 7.40. The van der Waals surface area contributed by atoms with Gasteiger partial charge in [0.2, 0.25) is 0 Å². The fourth-order valence-corrected chi connectivity index (χ4v) is 4.56. The maximum absolute atomic E-state index is 12.1. The lowest BCUT2D eigenvalue weighted by Gasteiger charge is -2.16. The average molecular weight is 420 g/mol. The van der Waals surface area contributed by atoms with Gasteiger partial charge in [0.15, 0.2) is 5.78 Å². The Bertz CT molecular complexity index is 1120. The number of benzene rings is 2. The number of Topliss-reactive ketones (excluding diaryl/α,β-unsaturated/α-hetero) is 1. The van der Waals surface area contributed by atoms with E-state index in [9.17, 15) is 9.59 Å². The Kier molecular flexibility index (Phi) is 6.12. The number of carboxylic acid groups (broad SMARTS) is 1. The van der Waals surface area contributed by atoms with E-state index in [0.717, 1.165) is 33.3 Å². The SMILES string of the molecule is CC(=O)c1cn(C)c2ccc(-c3cc(CCC(=O)O)ccc3OCC3CCCC3)cc12. The van der Waals surface area contributed by atoms with E-state index in [-0.39, 0.29) is 12.2 Å². The van der Waals surface area contributed by atoms with E-state index in [1.54, 1.807) is 6.92 Å². The van der Waals surface area contributed by atoms with Crippen LogP contribution in [0.25, 0.3) is 22.0 Å². The monoisotopic (exact) mass is 419 g/mol. The summed E-state index contributed by atoms with van der Waals surface area (Å²) in [5, 5.41) is 9.99. The molecule has 0 aliphatic heterocycles. The zero-order valence-electron chi connectivity index (χ0n) is 18.2. The van der Waals surface area contributed by atoms with Gasteiger partial charge >= 0.3 is 5.97 Å². The molecular formula is C26H29NO4. The molecule has 3 aromatic rings. The molecule has 5 heteroatoms. The van der Waals surface area contributed by atoms with Gasteiger partial charge in [0.25, 0.3) is 0 Å². The highest BCUT2D eigenvalue weighted by atomic mass is 16.5. The van der Waals surface area contributed by atoms with Crippen LogP contribution in [0.4, 0.5) is 0 Å². The Labute approximate surface area is 182 Å². The van der Waals surface area contributed by atoms with Crippen molar-refractivity contribution in [2.24, 2.45) is 13.0 Å². The third-order valence-electron chi connectivity index (χ3n) is 6.30. The zero-order chi connectivity index (χ0) is 22.0. The minimum Gasteiger partial charge on any atom is -0.493 e. The molecule has 1 aromatic heterocycles. The van der Waals surface area contributed by atoms with E-state index in [1.165, 1.54) is 25.7 Å². The summed E-state index contributed by atoms with van der Waals surface area (Å²) in [5.41, 5.74) is 4.59. The summed E-state index contributed by atoms with van der Waals surface area (Å²) < 4.78 is 8.23. The molecule has 1 aliphatic rings.